The highest BCUT2D eigenvalue weighted by Gasteiger charge is 2.18. The molecule has 1 atom stereocenters. The molecular weight excluding hydrogens is 172 g/mol. The second-order valence-corrected chi connectivity index (χ2v) is 3.15. The van der Waals surface area contributed by atoms with Gasteiger partial charge in [-0.2, -0.15) is 0 Å². The molecule has 0 saturated carbocycles. The van der Waals surface area contributed by atoms with Gasteiger partial charge in [0.2, 0.25) is 0 Å². The SMILES string of the molecule is CONC(=O)CN1CCOC(C)C1. The Morgan fingerprint density at radius 1 is 1.77 bits per heavy atom. The Bertz CT molecular complexity index is 175. The number of morpholine rings is 1. The van der Waals surface area contributed by atoms with Gasteiger partial charge in [0.1, 0.15) is 0 Å². The van der Waals surface area contributed by atoms with Crippen molar-refractivity contribution < 1.29 is 14.4 Å². The molecule has 0 radical (unpaired) electrons. The molecule has 76 valence electrons. The molecule has 5 heteroatoms. The Morgan fingerprint density at radius 3 is 3.15 bits per heavy atom. The van der Waals surface area contributed by atoms with Crippen molar-refractivity contribution in [3.05, 3.63) is 0 Å². The molecule has 0 aliphatic carbocycles. The third-order valence-corrected chi connectivity index (χ3v) is 1.91. The van der Waals surface area contributed by atoms with Crippen LogP contribution in [0.3, 0.4) is 0 Å². The largest absolute Gasteiger partial charge is 0.376 e. The van der Waals surface area contributed by atoms with Gasteiger partial charge in [0, 0.05) is 13.1 Å². The highest BCUT2D eigenvalue weighted by molar-refractivity contribution is 5.76. The molecule has 5 nitrogen and oxygen atoms in total. The lowest BCUT2D eigenvalue weighted by Gasteiger charge is -2.30. The first kappa shape index (κ1) is 10.4. The van der Waals surface area contributed by atoms with Gasteiger partial charge in [-0.05, 0) is 6.92 Å². The van der Waals surface area contributed by atoms with E-state index in [2.05, 4.69) is 10.3 Å². The van der Waals surface area contributed by atoms with Crippen LogP contribution >= 0.6 is 0 Å². The van der Waals surface area contributed by atoms with Crippen molar-refractivity contribution in [2.75, 3.05) is 33.4 Å². The average molecular weight is 188 g/mol. The zero-order valence-corrected chi connectivity index (χ0v) is 8.08. The van der Waals surface area contributed by atoms with Crippen LogP contribution in [0, 0.1) is 0 Å². The van der Waals surface area contributed by atoms with Crippen LogP contribution in [-0.4, -0.2) is 50.3 Å². The van der Waals surface area contributed by atoms with E-state index in [1.54, 1.807) is 0 Å². The summed E-state index contributed by atoms with van der Waals surface area (Å²) in [5.41, 5.74) is 2.29. The Hall–Kier alpha value is -0.650. The van der Waals surface area contributed by atoms with E-state index in [4.69, 9.17) is 4.74 Å². The molecule has 0 spiro atoms. The molecule has 1 fully saturated rings. The molecular formula is C8H16N2O3. The Kier molecular flexibility index (Phi) is 4.14. The highest BCUT2D eigenvalue weighted by atomic mass is 16.6. The van der Waals surface area contributed by atoms with Gasteiger partial charge >= 0.3 is 0 Å². The summed E-state index contributed by atoms with van der Waals surface area (Å²) in [5.74, 6) is -0.114. The van der Waals surface area contributed by atoms with Crippen molar-refractivity contribution in [3.63, 3.8) is 0 Å². The summed E-state index contributed by atoms with van der Waals surface area (Å²) in [6.45, 7) is 4.68. The van der Waals surface area contributed by atoms with Crippen molar-refractivity contribution in [1.82, 2.24) is 10.4 Å². The maximum absolute atomic E-state index is 11.1. The summed E-state index contributed by atoms with van der Waals surface area (Å²) in [4.78, 5) is 17.7. The van der Waals surface area contributed by atoms with Gasteiger partial charge in [-0.1, -0.05) is 0 Å². The maximum atomic E-state index is 11.1. The van der Waals surface area contributed by atoms with Crippen LogP contribution in [0.15, 0.2) is 0 Å². The van der Waals surface area contributed by atoms with Crippen molar-refractivity contribution >= 4 is 5.91 Å². The number of ether oxygens (including phenoxy) is 1. The van der Waals surface area contributed by atoms with Gasteiger partial charge in [0.25, 0.3) is 5.91 Å². The van der Waals surface area contributed by atoms with E-state index in [9.17, 15) is 4.79 Å². The predicted octanol–water partition coefficient (Wildman–Crippen LogP) is -0.615. The van der Waals surface area contributed by atoms with Gasteiger partial charge in [-0.25, -0.2) is 5.48 Å². The lowest BCUT2D eigenvalue weighted by molar-refractivity contribution is -0.134. The fraction of sp³-hybridized carbons (Fsp3) is 0.875. The smallest absolute Gasteiger partial charge is 0.257 e. The van der Waals surface area contributed by atoms with Crippen LogP contribution < -0.4 is 5.48 Å². The molecule has 1 heterocycles. The molecule has 1 N–H and O–H groups in total. The van der Waals surface area contributed by atoms with Gasteiger partial charge in [0.15, 0.2) is 0 Å². The number of nitrogens with zero attached hydrogens (tertiary/aromatic N) is 1. The molecule has 1 saturated heterocycles. The standard InChI is InChI=1S/C8H16N2O3/c1-7-5-10(3-4-13-7)6-8(11)9-12-2/h7H,3-6H2,1-2H3,(H,9,11). The summed E-state index contributed by atoms with van der Waals surface area (Å²) in [5, 5.41) is 0. The molecule has 0 bridgehead atoms. The van der Waals surface area contributed by atoms with Crippen LogP contribution in [0.2, 0.25) is 0 Å². The van der Waals surface area contributed by atoms with Crippen LogP contribution in [0.4, 0.5) is 0 Å². The first-order valence-electron chi connectivity index (χ1n) is 4.38. The number of carbonyl (C=O) groups excluding carboxylic acids is 1. The van der Waals surface area contributed by atoms with E-state index < -0.39 is 0 Å². The molecule has 0 aromatic rings. The molecule has 1 unspecified atom stereocenters. The number of hydrogen-bond donors (Lipinski definition) is 1. The number of amides is 1. The van der Waals surface area contributed by atoms with Crippen LogP contribution in [-0.2, 0) is 14.4 Å². The van der Waals surface area contributed by atoms with E-state index in [1.807, 2.05) is 11.8 Å². The lowest BCUT2D eigenvalue weighted by Crippen LogP contribution is -2.45. The first-order chi connectivity index (χ1) is 6.22. The van der Waals surface area contributed by atoms with Crippen LogP contribution in [0.1, 0.15) is 6.92 Å². The third-order valence-electron chi connectivity index (χ3n) is 1.91. The van der Waals surface area contributed by atoms with E-state index in [-0.39, 0.29) is 12.0 Å². The maximum Gasteiger partial charge on any atom is 0.257 e. The Balaban J connectivity index is 2.23. The van der Waals surface area contributed by atoms with Crippen LogP contribution in [0.25, 0.3) is 0 Å². The van der Waals surface area contributed by atoms with E-state index in [1.165, 1.54) is 7.11 Å². The molecule has 13 heavy (non-hydrogen) atoms. The minimum Gasteiger partial charge on any atom is -0.376 e. The Morgan fingerprint density at radius 2 is 2.54 bits per heavy atom. The summed E-state index contributed by atoms with van der Waals surface area (Å²) in [6, 6.07) is 0. The number of hydrogen-bond acceptors (Lipinski definition) is 4. The first-order valence-corrected chi connectivity index (χ1v) is 4.38. The summed E-state index contributed by atoms with van der Waals surface area (Å²) in [6.07, 6.45) is 0.212. The minimum atomic E-state index is -0.114. The average Bonchev–Trinajstić information content (AvgIpc) is 2.04. The fourth-order valence-electron chi connectivity index (χ4n) is 1.38. The molecule has 1 aliphatic heterocycles. The number of hydroxylamine groups is 1. The van der Waals surface area contributed by atoms with Crippen molar-refractivity contribution in [3.8, 4) is 0 Å². The number of carbonyl (C=O) groups is 1. The molecule has 1 rings (SSSR count). The van der Waals surface area contributed by atoms with Gasteiger partial charge < -0.3 is 4.74 Å². The van der Waals surface area contributed by atoms with Gasteiger partial charge in [-0.15, -0.1) is 0 Å². The topological polar surface area (TPSA) is 50.8 Å². The third kappa shape index (κ3) is 3.71. The van der Waals surface area contributed by atoms with Crippen molar-refractivity contribution in [1.29, 1.82) is 0 Å². The summed E-state index contributed by atoms with van der Waals surface area (Å²) >= 11 is 0. The van der Waals surface area contributed by atoms with Crippen molar-refractivity contribution in [2.45, 2.75) is 13.0 Å². The molecule has 0 aromatic carbocycles. The van der Waals surface area contributed by atoms with Gasteiger partial charge in [-0.3, -0.25) is 14.5 Å². The van der Waals surface area contributed by atoms with Crippen LogP contribution in [0.5, 0.6) is 0 Å². The normalized spacial score (nSPS) is 24.3. The number of nitrogens with one attached hydrogen (secondary N) is 1. The Labute approximate surface area is 77.9 Å². The second-order valence-electron chi connectivity index (χ2n) is 3.15. The van der Waals surface area contributed by atoms with E-state index >= 15 is 0 Å². The molecule has 1 aliphatic rings. The monoisotopic (exact) mass is 188 g/mol. The van der Waals surface area contributed by atoms with Crippen molar-refractivity contribution in [2.24, 2.45) is 0 Å². The fourth-order valence-corrected chi connectivity index (χ4v) is 1.38. The molecule has 1 amide bonds. The molecule has 0 aromatic heterocycles. The highest BCUT2D eigenvalue weighted by Crippen LogP contribution is 2.02. The predicted molar refractivity (Wildman–Crippen MR) is 47.0 cm³/mol. The summed E-state index contributed by atoms with van der Waals surface area (Å²) in [7, 11) is 1.43. The van der Waals surface area contributed by atoms with E-state index in [0.717, 1.165) is 13.1 Å². The summed E-state index contributed by atoms with van der Waals surface area (Å²) < 4.78 is 5.34. The van der Waals surface area contributed by atoms with E-state index in [0.29, 0.717) is 13.2 Å². The quantitative estimate of drug-likeness (QED) is 0.600. The minimum absolute atomic E-state index is 0.114. The zero-order valence-electron chi connectivity index (χ0n) is 8.08. The van der Waals surface area contributed by atoms with Gasteiger partial charge in [0.05, 0.1) is 26.4 Å². The number of rotatable bonds is 3. The zero-order chi connectivity index (χ0) is 9.68. The second kappa shape index (κ2) is 5.16. The lowest BCUT2D eigenvalue weighted by atomic mass is 10.3.